The maximum Gasteiger partial charge on any atom is 0.294 e. The van der Waals surface area contributed by atoms with E-state index in [1.165, 1.54) is 24.3 Å². The van der Waals surface area contributed by atoms with Crippen molar-refractivity contribution in [3.63, 3.8) is 0 Å². The van der Waals surface area contributed by atoms with Crippen molar-refractivity contribution < 1.29 is 13.2 Å². The first-order chi connectivity index (χ1) is 6.47. The molecule has 1 atom stereocenters. The molecule has 5 heteroatoms. The lowest BCUT2D eigenvalue weighted by atomic mass is 10.0. The smallest absolute Gasteiger partial charge is 0.294 e. The second-order valence-electron chi connectivity index (χ2n) is 3.00. The topological polar surface area (TPSA) is 52.0 Å². The van der Waals surface area contributed by atoms with Crippen LogP contribution in [0.1, 0.15) is 11.7 Å². The van der Waals surface area contributed by atoms with Gasteiger partial charge in [-0.15, -0.1) is 0 Å². The molecule has 0 aromatic heterocycles. The molecule has 78 valence electrons. The van der Waals surface area contributed by atoms with Crippen LogP contribution in [0.5, 0.6) is 0 Å². The number of hydrogen-bond donors (Lipinski definition) is 2. The zero-order chi connectivity index (χ0) is 10.8. The van der Waals surface area contributed by atoms with Crippen molar-refractivity contribution >= 4 is 5.69 Å². The lowest BCUT2D eigenvalue weighted by Crippen LogP contribution is -2.32. The Kier molecular flexibility index (Phi) is 3.00. The molecular weight excluding hydrogens is 193 g/mol. The molecule has 14 heavy (non-hydrogen) atoms. The molecule has 0 fully saturated rings. The van der Waals surface area contributed by atoms with Gasteiger partial charge in [-0.3, -0.25) is 0 Å². The van der Waals surface area contributed by atoms with E-state index in [4.69, 9.17) is 11.5 Å². The van der Waals surface area contributed by atoms with Gasteiger partial charge in [-0.05, 0) is 17.7 Å². The van der Waals surface area contributed by atoms with E-state index in [-0.39, 0.29) is 11.3 Å². The quantitative estimate of drug-likeness (QED) is 0.738. The van der Waals surface area contributed by atoms with E-state index in [9.17, 15) is 13.2 Å². The first kappa shape index (κ1) is 10.8. The van der Waals surface area contributed by atoms with E-state index in [2.05, 4.69) is 0 Å². The number of hydrogen-bond acceptors (Lipinski definition) is 2. The Hall–Kier alpha value is -1.23. The van der Waals surface area contributed by atoms with Crippen LogP contribution in [0.2, 0.25) is 0 Å². The van der Waals surface area contributed by atoms with E-state index >= 15 is 0 Å². The molecule has 1 unspecified atom stereocenters. The maximum absolute atomic E-state index is 13.2. The highest BCUT2D eigenvalue weighted by Gasteiger charge is 2.39. The van der Waals surface area contributed by atoms with Crippen LogP contribution in [0, 0.1) is 0 Å². The summed E-state index contributed by atoms with van der Waals surface area (Å²) in [6.07, 6.45) is -2.41. The predicted octanol–water partition coefficient (Wildman–Crippen LogP) is 1.87. The summed E-state index contributed by atoms with van der Waals surface area (Å²) < 4.78 is 38.9. The molecule has 0 saturated carbocycles. The van der Waals surface area contributed by atoms with Crippen LogP contribution in [-0.4, -0.2) is 12.5 Å². The van der Waals surface area contributed by atoms with E-state index < -0.39 is 18.6 Å². The molecule has 0 heterocycles. The van der Waals surface area contributed by atoms with Gasteiger partial charge in [0, 0.05) is 5.69 Å². The van der Waals surface area contributed by atoms with Crippen LogP contribution in [-0.2, 0) is 0 Å². The van der Waals surface area contributed by atoms with Crippen molar-refractivity contribution in [2.45, 2.75) is 12.1 Å². The minimum Gasteiger partial charge on any atom is -0.399 e. The van der Waals surface area contributed by atoms with Crippen LogP contribution in [0.4, 0.5) is 18.9 Å². The average molecular weight is 204 g/mol. The molecule has 1 aromatic carbocycles. The number of alkyl halides is 3. The normalized spacial score (nSPS) is 14.0. The van der Waals surface area contributed by atoms with Gasteiger partial charge in [-0.25, -0.2) is 13.2 Å². The molecule has 1 rings (SSSR count). The molecule has 4 N–H and O–H groups in total. The van der Waals surface area contributed by atoms with Gasteiger partial charge in [0.15, 0.2) is 6.17 Å². The lowest BCUT2D eigenvalue weighted by molar-refractivity contribution is -0.0651. The van der Waals surface area contributed by atoms with Crippen LogP contribution in [0.3, 0.4) is 0 Å². The first-order valence-electron chi connectivity index (χ1n) is 4.05. The molecule has 0 bridgehead atoms. The van der Waals surface area contributed by atoms with Gasteiger partial charge >= 0.3 is 0 Å². The third-order valence-electron chi connectivity index (χ3n) is 1.85. The van der Waals surface area contributed by atoms with Crippen LogP contribution in [0.15, 0.2) is 24.3 Å². The summed E-state index contributed by atoms with van der Waals surface area (Å²) in [7, 11) is 0. The summed E-state index contributed by atoms with van der Waals surface area (Å²) in [5.41, 5.74) is 10.2. The van der Waals surface area contributed by atoms with Gasteiger partial charge in [0.25, 0.3) is 5.92 Å². The van der Waals surface area contributed by atoms with Crippen molar-refractivity contribution in [1.82, 2.24) is 0 Å². The van der Waals surface area contributed by atoms with E-state index in [1.807, 2.05) is 0 Å². The van der Waals surface area contributed by atoms with Crippen molar-refractivity contribution in [2.24, 2.45) is 5.73 Å². The van der Waals surface area contributed by atoms with Crippen molar-refractivity contribution in [1.29, 1.82) is 0 Å². The Bertz CT molecular complexity index is 315. The molecule has 0 aliphatic heterocycles. The second kappa shape index (κ2) is 3.88. The highest BCUT2D eigenvalue weighted by Crippen LogP contribution is 2.34. The third-order valence-corrected chi connectivity index (χ3v) is 1.85. The zero-order valence-electron chi connectivity index (χ0n) is 7.38. The van der Waals surface area contributed by atoms with Gasteiger partial charge in [-0.1, -0.05) is 12.1 Å². The Morgan fingerprint density at radius 3 is 2.50 bits per heavy atom. The predicted molar refractivity (Wildman–Crippen MR) is 48.7 cm³/mol. The second-order valence-corrected chi connectivity index (χ2v) is 3.00. The van der Waals surface area contributed by atoms with Gasteiger partial charge < -0.3 is 11.5 Å². The van der Waals surface area contributed by atoms with Gasteiger partial charge in [-0.2, -0.15) is 0 Å². The maximum atomic E-state index is 13.2. The molecule has 0 radical (unpaired) electrons. The standard InChI is InChI=1S/C9H11F3N2/c10-8(9(11,12)5-13)6-2-1-3-7(14)4-6/h1-4,8H,5,13-14H2. The van der Waals surface area contributed by atoms with E-state index in [0.717, 1.165) is 0 Å². The summed E-state index contributed by atoms with van der Waals surface area (Å²) >= 11 is 0. The molecule has 0 saturated heterocycles. The fourth-order valence-corrected chi connectivity index (χ4v) is 1.06. The largest absolute Gasteiger partial charge is 0.399 e. The van der Waals surface area contributed by atoms with Crippen molar-refractivity contribution in [3.8, 4) is 0 Å². The molecule has 0 spiro atoms. The van der Waals surface area contributed by atoms with Crippen molar-refractivity contribution in [3.05, 3.63) is 29.8 Å². The highest BCUT2D eigenvalue weighted by atomic mass is 19.3. The molecule has 0 aliphatic rings. The Morgan fingerprint density at radius 2 is 2.00 bits per heavy atom. The number of nitrogens with two attached hydrogens (primary N) is 2. The fraction of sp³-hybridized carbons (Fsp3) is 0.333. The molecular formula is C9H11F3N2. The number of halogens is 3. The number of rotatable bonds is 3. The Labute approximate surface area is 79.7 Å². The van der Waals surface area contributed by atoms with Crippen LogP contribution in [0.25, 0.3) is 0 Å². The fourth-order valence-electron chi connectivity index (χ4n) is 1.06. The summed E-state index contributed by atoms with van der Waals surface area (Å²) in [6.45, 7) is -1.02. The molecule has 2 nitrogen and oxygen atoms in total. The Balaban J connectivity index is 2.94. The highest BCUT2D eigenvalue weighted by molar-refractivity contribution is 5.41. The Morgan fingerprint density at radius 1 is 1.36 bits per heavy atom. The average Bonchev–Trinajstić information content (AvgIpc) is 2.16. The van der Waals surface area contributed by atoms with Crippen LogP contribution < -0.4 is 11.5 Å². The van der Waals surface area contributed by atoms with Gasteiger partial charge in [0.1, 0.15) is 0 Å². The first-order valence-corrected chi connectivity index (χ1v) is 4.05. The minimum absolute atomic E-state index is 0.152. The zero-order valence-corrected chi connectivity index (χ0v) is 7.38. The summed E-state index contributed by atoms with van der Waals surface area (Å²) in [5, 5.41) is 0. The summed E-state index contributed by atoms with van der Waals surface area (Å²) in [6, 6.07) is 5.35. The number of benzene rings is 1. The van der Waals surface area contributed by atoms with Crippen LogP contribution >= 0.6 is 0 Å². The van der Waals surface area contributed by atoms with Crippen molar-refractivity contribution in [2.75, 3.05) is 12.3 Å². The summed E-state index contributed by atoms with van der Waals surface area (Å²) in [5.74, 6) is -3.55. The molecule has 1 aromatic rings. The SMILES string of the molecule is NCC(F)(F)C(F)c1cccc(N)c1. The van der Waals surface area contributed by atoms with E-state index in [1.54, 1.807) is 0 Å². The number of anilines is 1. The monoisotopic (exact) mass is 204 g/mol. The molecule has 0 aliphatic carbocycles. The van der Waals surface area contributed by atoms with Gasteiger partial charge in [0.05, 0.1) is 6.54 Å². The van der Waals surface area contributed by atoms with Gasteiger partial charge in [0.2, 0.25) is 0 Å². The number of nitrogen functional groups attached to an aromatic ring is 1. The van der Waals surface area contributed by atoms with E-state index in [0.29, 0.717) is 0 Å². The summed E-state index contributed by atoms with van der Waals surface area (Å²) in [4.78, 5) is 0. The molecule has 0 amide bonds. The lowest BCUT2D eigenvalue weighted by Gasteiger charge is -2.19. The third kappa shape index (κ3) is 2.17. The minimum atomic E-state index is -3.55.